The Hall–Kier alpha value is -1.14. The molecule has 0 bridgehead atoms. The molecule has 0 aromatic carbocycles. The fraction of sp³-hybridized carbons (Fsp3) is 0.875. The molecule has 0 aromatic heterocycles. The Bertz CT molecular complexity index is 392. The van der Waals surface area contributed by atoms with Crippen molar-refractivity contribution in [1.29, 1.82) is 0 Å². The molecule has 2 atom stereocenters. The van der Waals surface area contributed by atoms with Crippen LogP contribution in [0.1, 0.15) is 53.9 Å². The average molecular weight is 316 g/mol. The van der Waals surface area contributed by atoms with E-state index in [1.165, 1.54) is 0 Å². The van der Waals surface area contributed by atoms with E-state index >= 15 is 0 Å². The Morgan fingerprint density at radius 2 is 1.95 bits per heavy atom. The van der Waals surface area contributed by atoms with Crippen LogP contribution in [-0.2, 0) is 28.5 Å². The maximum atomic E-state index is 11.9. The lowest BCUT2D eigenvalue weighted by Crippen LogP contribution is -2.32. The van der Waals surface area contributed by atoms with E-state index < -0.39 is 11.2 Å². The molecule has 0 spiro atoms. The fourth-order valence-electron chi connectivity index (χ4n) is 1.97. The van der Waals surface area contributed by atoms with E-state index in [-0.39, 0.29) is 31.1 Å². The van der Waals surface area contributed by atoms with Crippen LogP contribution in [0, 0.1) is 5.41 Å². The SMILES string of the molecule is CCOC(=O)CCC1(C)OCC(COC(=O)C(C)(C)CC)O1. The largest absolute Gasteiger partial charge is 0.466 e. The maximum absolute atomic E-state index is 11.9. The van der Waals surface area contributed by atoms with Crippen LogP contribution in [0.25, 0.3) is 0 Å². The second-order valence-corrected chi connectivity index (χ2v) is 6.33. The van der Waals surface area contributed by atoms with E-state index in [4.69, 9.17) is 18.9 Å². The minimum absolute atomic E-state index is 0.164. The van der Waals surface area contributed by atoms with Gasteiger partial charge in [0.15, 0.2) is 5.79 Å². The van der Waals surface area contributed by atoms with Gasteiger partial charge in [0.1, 0.15) is 12.7 Å². The summed E-state index contributed by atoms with van der Waals surface area (Å²) in [4.78, 5) is 23.3. The van der Waals surface area contributed by atoms with Gasteiger partial charge in [0.05, 0.1) is 25.0 Å². The third-order valence-corrected chi connectivity index (χ3v) is 3.92. The first-order valence-electron chi connectivity index (χ1n) is 7.87. The van der Waals surface area contributed by atoms with E-state index in [1.807, 2.05) is 20.8 Å². The molecule has 1 saturated heterocycles. The van der Waals surface area contributed by atoms with Gasteiger partial charge in [-0.2, -0.15) is 0 Å². The summed E-state index contributed by atoms with van der Waals surface area (Å²) in [5, 5.41) is 0. The number of hydrogen-bond donors (Lipinski definition) is 0. The van der Waals surface area contributed by atoms with E-state index in [1.54, 1.807) is 13.8 Å². The van der Waals surface area contributed by atoms with Gasteiger partial charge in [0, 0.05) is 6.42 Å². The number of carbonyl (C=O) groups excluding carboxylic acids is 2. The minimum atomic E-state index is -0.829. The number of esters is 2. The van der Waals surface area contributed by atoms with Crippen molar-refractivity contribution in [2.45, 2.75) is 65.8 Å². The van der Waals surface area contributed by atoms with Crippen LogP contribution >= 0.6 is 0 Å². The smallest absolute Gasteiger partial charge is 0.311 e. The predicted octanol–water partition coefficient (Wildman–Crippen LogP) is 2.44. The highest BCUT2D eigenvalue weighted by molar-refractivity contribution is 5.75. The van der Waals surface area contributed by atoms with Crippen molar-refractivity contribution < 1.29 is 28.5 Å². The molecule has 0 aliphatic carbocycles. The second-order valence-electron chi connectivity index (χ2n) is 6.33. The summed E-state index contributed by atoms with van der Waals surface area (Å²) < 4.78 is 21.6. The molecular formula is C16H28O6. The number of ether oxygens (including phenoxy) is 4. The molecule has 0 N–H and O–H groups in total. The second kappa shape index (κ2) is 7.92. The standard InChI is InChI=1S/C16H28O6/c1-6-15(3,4)14(18)20-10-12-11-21-16(5,22-12)9-8-13(17)19-7-2/h12H,6-11H2,1-5H3. The molecule has 1 heterocycles. The average Bonchev–Trinajstić information content (AvgIpc) is 2.85. The number of rotatable bonds is 8. The highest BCUT2D eigenvalue weighted by atomic mass is 16.7. The molecule has 1 rings (SSSR count). The molecule has 128 valence electrons. The molecule has 6 nitrogen and oxygen atoms in total. The molecule has 1 fully saturated rings. The molecule has 2 unspecified atom stereocenters. The Balaban J connectivity index is 2.36. The molecule has 0 radical (unpaired) electrons. The zero-order valence-corrected chi connectivity index (χ0v) is 14.3. The third kappa shape index (κ3) is 5.57. The van der Waals surface area contributed by atoms with Gasteiger partial charge in [0.2, 0.25) is 0 Å². The first-order chi connectivity index (χ1) is 10.2. The molecule has 0 amide bonds. The van der Waals surface area contributed by atoms with Crippen molar-refractivity contribution in [2.75, 3.05) is 19.8 Å². The topological polar surface area (TPSA) is 71.1 Å². The molecular weight excluding hydrogens is 288 g/mol. The van der Waals surface area contributed by atoms with Gasteiger partial charge in [-0.1, -0.05) is 6.92 Å². The quantitative estimate of drug-likeness (QED) is 0.641. The van der Waals surface area contributed by atoms with Gasteiger partial charge < -0.3 is 18.9 Å². The molecule has 6 heteroatoms. The van der Waals surface area contributed by atoms with Crippen LogP contribution in [0.2, 0.25) is 0 Å². The highest BCUT2D eigenvalue weighted by Gasteiger charge is 2.38. The summed E-state index contributed by atoms with van der Waals surface area (Å²) in [7, 11) is 0. The van der Waals surface area contributed by atoms with Gasteiger partial charge >= 0.3 is 11.9 Å². The van der Waals surface area contributed by atoms with Gasteiger partial charge in [-0.3, -0.25) is 9.59 Å². The fourth-order valence-corrected chi connectivity index (χ4v) is 1.97. The highest BCUT2D eigenvalue weighted by Crippen LogP contribution is 2.29. The van der Waals surface area contributed by atoms with Crippen molar-refractivity contribution in [3.8, 4) is 0 Å². The van der Waals surface area contributed by atoms with E-state index in [0.29, 0.717) is 26.1 Å². The van der Waals surface area contributed by atoms with E-state index in [0.717, 1.165) is 0 Å². The van der Waals surface area contributed by atoms with Crippen LogP contribution in [0.3, 0.4) is 0 Å². The molecule has 0 aromatic rings. The molecule has 22 heavy (non-hydrogen) atoms. The zero-order chi connectivity index (χ0) is 16.8. The van der Waals surface area contributed by atoms with E-state index in [9.17, 15) is 9.59 Å². The lowest BCUT2D eigenvalue weighted by molar-refractivity contribution is -0.176. The summed E-state index contributed by atoms with van der Waals surface area (Å²) in [6.07, 6.45) is 1.06. The normalized spacial score (nSPS) is 25.0. The minimum Gasteiger partial charge on any atom is -0.466 e. The number of carbonyl (C=O) groups is 2. The van der Waals surface area contributed by atoms with E-state index in [2.05, 4.69) is 0 Å². The Labute approximate surface area is 132 Å². The summed E-state index contributed by atoms with van der Waals surface area (Å²) in [5.74, 6) is -1.33. The van der Waals surface area contributed by atoms with Gasteiger partial charge in [-0.25, -0.2) is 0 Å². The van der Waals surface area contributed by atoms with Crippen molar-refractivity contribution in [3.05, 3.63) is 0 Å². The van der Waals surface area contributed by atoms with Gasteiger partial charge in [-0.05, 0) is 34.1 Å². The summed E-state index contributed by atoms with van der Waals surface area (Å²) in [5.41, 5.74) is -0.493. The maximum Gasteiger partial charge on any atom is 0.311 e. The lowest BCUT2D eigenvalue weighted by Gasteiger charge is -2.24. The zero-order valence-electron chi connectivity index (χ0n) is 14.3. The van der Waals surface area contributed by atoms with Crippen LogP contribution in [0.4, 0.5) is 0 Å². The summed E-state index contributed by atoms with van der Waals surface area (Å²) in [6, 6.07) is 0. The first kappa shape index (κ1) is 18.9. The molecule has 0 saturated carbocycles. The van der Waals surface area contributed by atoms with Crippen LogP contribution in [0.5, 0.6) is 0 Å². The van der Waals surface area contributed by atoms with Crippen LogP contribution in [-0.4, -0.2) is 43.7 Å². The van der Waals surface area contributed by atoms with Crippen LogP contribution < -0.4 is 0 Å². The summed E-state index contributed by atoms with van der Waals surface area (Å²) in [6.45, 7) is 10.1. The van der Waals surface area contributed by atoms with Crippen LogP contribution in [0.15, 0.2) is 0 Å². The molecule has 1 aliphatic heterocycles. The van der Waals surface area contributed by atoms with Gasteiger partial charge in [0.25, 0.3) is 0 Å². The monoisotopic (exact) mass is 316 g/mol. The van der Waals surface area contributed by atoms with Gasteiger partial charge in [-0.15, -0.1) is 0 Å². The third-order valence-electron chi connectivity index (χ3n) is 3.92. The summed E-state index contributed by atoms with van der Waals surface area (Å²) >= 11 is 0. The Morgan fingerprint density at radius 1 is 1.27 bits per heavy atom. The van der Waals surface area contributed by atoms with Crippen molar-refractivity contribution in [3.63, 3.8) is 0 Å². The number of hydrogen-bond acceptors (Lipinski definition) is 6. The first-order valence-corrected chi connectivity index (χ1v) is 7.87. The lowest BCUT2D eigenvalue weighted by atomic mass is 9.91. The van der Waals surface area contributed by atoms with Crippen molar-refractivity contribution >= 4 is 11.9 Å². The molecule has 1 aliphatic rings. The van der Waals surface area contributed by atoms with Crippen molar-refractivity contribution in [2.24, 2.45) is 5.41 Å². The Kier molecular flexibility index (Phi) is 6.81. The predicted molar refractivity (Wildman–Crippen MR) is 80.1 cm³/mol. The van der Waals surface area contributed by atoms with Crippen molar-refractivity contribution in [1.82, 2.24) is 0 Å². The Morgan fingerprint density at radius 3 is 2.55 bits per heavy atom.